The topological polar surface area (TPSA) is 150 Å². The van der Waals surface area contributed by atoms with Gasteiger partial charge in [0.2, 0.25) is 57.0 Å². The lowest BCUT2D eigenvalue weighted by molar-refractivity contribution is -0.672. The van der Waals surface area contributed by atoms with Gasteiger partial charge >= 0.3 is 0 Å². The Balaban J connectivity index is 0.000000129. The molecule has 0 aliphatic carbocycles. The lowest BCUT2D eigenvalue weighted by Crippen LogP contribution is -2.33. The third-order valence-corrected chi connectivity index (χ3v) is 25.6. The summed E-state index contributed by atoms with van der Waals surface area (Å²) in [6.45, 7) is 36.6. The molecule has 0 saturated heterocycles. The summed E-state index contributed by atoms with van der Waals surface area (Å²) in [5, 5.41) is 10.0. The van der Waals surface area contributed by atoms with Crippen LogP contribution in [-0.4, -0.2) is 24.9 Å². The number of furan rings is 5. The minimum absolute atomic E-state index is 0.0401. The maximum atomic E-state index is 8.73. The van der Waals surface area contributed by atoms with E-state index in [9.17, 15) is 0 Å². The summed E-state index contributed by atoms with van der Waals surface area (Å²) in [5.74, 6) is -2.63. The fraction of sp³-hybridized carbons (Fsp3) is 0.339. The highest BCUT2D eigenvalue weighted by Crippen LogP contribution is 2.45. The zero-order valence-corrected chi connectivity index (χ0v) is 83.5. The molecule has 15 aromatic heterocycles. The first-order chi connectivity index (χ1) is 70.2. The van der Waals surface area contributed by atoms with E-state index in [0.29, 0.717) is 63.7 Å². The number of nitrogens with zero attached hydrogens (tertiary/aromatic N) is 10. The molecule has 15 heteroatoms. The van der Waals surface area contributed by atoms with Crippen molar-refractivity contribution < 1.29 is 65.5 Å². The number of benzene rings is 5. The van der Waals surface area contributed by atoms with Gasteiger partial charge in [-0.2, -0.15) is 4.57 Å². The van der Waals surface area contributed by atoms with E-state index >= 15 is 0 Å². The van der Waals surface area contributed by atoms with Crippen LogP contribution < -0.4 is 22.8 Å². The van der Waals surface area contributed by atoms with Crippen LogP contribution in [0.4, 0.5) is 0 Å². The van der Waals surface area contributed by atoms with Crippen molar-refractivity contribution in [1.82, 2.24) is 24.9 Å². The second-order valence-corrected chi connectivity index (χ2v) is 42.3. The summed E-state index contributed by atoms with van der Waals surface area (Å²) >= 11 is 0. The molecule has 0 spiro atoms. The molecule has 1 atom stereocenters. The molecule has 5 aromatic carbocycles. The molecule has 20 aromatic rings. The molecule has 21 rings (SSSR count). The van der Waals surface area contributed by atoms with Gasteiger partial charge in [-0.25, -0.2) is 43.2 Å². The van der Waals surface area contributed by atoms with E-state index in [4.69, 9.17) is 42.6 Å². The number of aromatic nitrogens is 10. The molecule has 694 valence electrons. The minimum Gasteiger partial charge on any atom is -0.437 e. The number of fused-ring (bicyclic) bond motifs is 19. The lowest BCUT2D eigenvalue weighted by Gasteiger charge is -2.19. The molecule has 0 bridgehead atoms. The second-order valence-electron chi connectivity index (χ2n) is 42.3. The van der Waals surface area contributed by atoms with Gasteiger partial charge in [-0.1, -0.05) is 151 Å². The third-order valence-electron chi connectivity index (χ3n) is 25.6. The number of aryl methyl sites for hydroxylation is 16. The van der Waals surface area contributed by atoms with Gasteiger partial charge in [-0.05, 0) is 259 Å². The predicted octanol–water partition coefficient (Wildman–Crippen LogP) is 28.4. The van der Waals surface area contributed by atoms with E-state index in [1.165, 1.54) is 62.6 Å². The quantitative estimate of drug-likeness (QED) is 0.121. The van der Waals surface area contributed by atoms with Crippen LogP contribution in [0.5, 0.6) is 0 Å². The van der Waals surface area contributed by atoms with Crippen molar-refractivity contribution in [2.45, 2.75) is 218 Å². The molecule has 0 radical (unpaired) electrons. The van der Waals surface area contributed by atoms with Crippen LogP contribution in [0.15, 0.2) is 217 Å². The smallest absolute Gasteiger partial charge is 0.227 e. The molecule has 0 saturated carbocycles. The summed E-state index contributed by atoms with van der Waals surface area (Å²) in [6.07, 6.45) is 13.5. The van der Waals surface area contributed by atoms with Crippen molar-refractivity contribution in [3.63, 3.8) is 0 Å². The molecule has 0 N–H and O–H groups in total. The molecular weight excluding hydrogens is 1670 g/mol. The molecule has 1 aliphatic rings. The lowest BCUT2D eigenvalue weighted by atomic mass is 9.86. The predicted molar refractivity (Wildman–Crippen MR) is 557 cm³/mol. The van der Waals surface area contributed by atoms with Crippen LogP contribution in [0.25, 0.3) is 167 Å². The Morgan fingerprint density at radius 1 is 0.324 bits per heavy atom. The Kier molecular flexibility index (Phi) is 20.5. The largest absolute Gasteiger partial charge is 0.437 e. The van der Waals surface area contributed by atoms with E-state index in [0.717, 1.165) is 181 Å². The van der Waals surface area contributed by atoms with Crippen LogP contribution >= 0.6 is 0 Å². The molecule has 1 unspecified atom stereocenters. The average molecular weight is 1820 g/mol. The number of hydrogen-bond acceptors (Lipinski definition) is 10. The third kappa shape index (κ3) is 19.1. The van der Waals surface area contributed by atoms with Crippen molar-refractivity contribution in [3.05, 3.63) is 296 Å². The molecule has 0 fully saturated rings. The van der Waals surface area contributed by atoms with Gasteiger partial charge in [0.1, 0.15) is 28.2 Å². The van der Waals surface area contributed by atoms with E-state index in [1.807, 2.05) is 118 Å². The van der Waals surface area contributed by atoms with Crippen LogP contribution in [0, 0.1) is 110 Å². The second kappa shape index (κ2) is 36.3. The zero-order valence-electron chi connectivity index (χ0n) is 98.5. The molecule has 15 nitrogen and oxygen atoms in total. The van der Waals surface area contributed by atoms with Crippen molar-refractivity contribution in [1.29, 1.82) is 0 Å². The highest BCUT2D eigenvalue weighted by atomic mass is 16.4. The van der Waals surface area contributed by atoms with Crippen LogP contribution in [0.3, 0.4) is 0 Å². The van der Waals surface area contributed by atoms with Crippen molar-refractivity contribution in [2.24, 2.45) is 55.7 Å². The average Bonchev–Trinajstić information content (AvgIpc) is 1.19. The van der Waals surface area contributed by atoms with Gasteiger partial charge in [0, 0.05) is 168 Å². The van der Waals surface area contributed by atoms with Crippen LogP contribution in [0.2, 0.25) is 0 Å². The summed E-state index contributed by atoms with van der Waals surface area (Å²) in [4.78, 5) is 22.4. The van der Waals surface area contributed by atoms with Gasteiger partial charge in [-0.15, -0.1) is 0 Å². The van der Waals surface area contributed by atoms with E-state index in [1.54, 1.807) is 36.4 Å². The maximum Gasteiger partial charge on any atom is 0.227 e. The summed E-state index contributed by atoms with van der Waals surface area (Å²) in [5.41, 5.74) is 32.6. The molecular formula is C121H135N10O5+5. The van der Waals surface area contributed by atoms with E-state index < -0.39 is 39.7 Å². The monoisotopic (exact) mass is 1820 g/mol. The Morgan fingerprint density at radius 2 is 0.603 bits per heavy atom. The summed E-state index contributed by atoms with van der Waals surface area (Å²) in [7, 11) is 7.54. The minimum atomic E-state index is -3.01. The Hall–Kier alpha value is -13.4. The zero-order chi connectivity index (χ0) is 110. The van der Waals surface area contributed by atoms with E-state index in [2.05, 4.69) is 250 Å². The fourth-order valence-corrected chi connectivity index (χ4v) is 19.3. The standard InChI is InChI=1S/C25H29N2O.C24H25N2O.3C24H27N2O/c1-15-8-10-19-20-11-9-17(3)26-24(20)28-23(19)22(15)21-12-18(13-25(4,5)6)16(2)14-27(21)7;1-14-12-26-13-16-7-9-18-19-8-6-15(2)25-23(19)27-22(18)21(16)20(26)10-17(14)11-24(3,4)5;1-14(2)11-18-12-21(26(6)13-16(18)4)22-15(3)7-9-19-20-10-8-17(5)25-24(20)27-23(19)22;2*1-15-9-10-18-19-8-7-11-25-23(19)27-22(18)21(15)20-12-17(13-24(3,4)5)16(2)14-26(20)6/h8-12,14H,13H2,1-7H3;6-10,12H,11,13H2,1-5H3;7-10,12-14H,11H2,1-6H3;2*7-12,14H,13H2,1-6H3/q5*+1/i2D3;;1D3,4D3,11D2,14D;2D3;. The van der Waals surface area contributed by atoms with Crippen LogP contribution in [0.1, 0.15) is 218 Å². The maximum absolute atomic E-state index is 8.73. The first-order valence-electron chi connectivity index (χ1n) is 54.3. The summed E-state index contributed by atoms with van der Waals surface area (Å²) < 4.78 is 163. The fourth-order valence-electron chi connectivity index (χ4n) is 19.3. The van der Waals surface area contributed by atoms with Crippen molar-refractivity contribution in [2.75, 3.05) is 0 Å². The SMILES string of the molecule is Cc1c[n+](C)c(-c2c(C)ccc3c2oc2ncccc23)cc1CC(C)(C)C.Cc1ccc2c(n1)oc1c3c(ccc12)C[n+]1cc(C)c(CC(C)(C)C)cc1-3.[2H]C([2H])([2H])c1c[n+](C)c(-c2c(C)ccc3c2oc2nc(C)ccc23)cc1C([2H])([2H])C([2H])(C)C([2H])([2H])[2H].[2H]C([2H])([2H])c1c[n+](C)c(-c2c(C)ccc3c2oc2nc(C)ccc23)cc1CC(C)(C)C.[2H]C([2H])([2H])c1c[n+](C)c(-c2c(C)ccc3c2oc2ncccc23)cc1CC(C)(C)C. The van der Waals surface area contributed by atoms with Gasteiger partial charge in [0.15, 0.2) is 65.4 Å². The highest BCUT2D eigenvalue weighted by Gasteiger charge is 2.35. The van der Waals surface area contributed by atoms with Gasteiger partial charge in [0.05, 0.1) is 27.8 Å². The normalized spacial score (nSPS) is 14.9. The van der Waals surface area contributed by atoms with Gasteiger partial charge in [0.25, 0.3) is 0 Å². The number of pyridine rings is 10. The van der Waals surface area contributed by atoms with Gasteiger partial charge < -0.3 is 22.1 Å². The molecule has 136 heavy (non-hydrogen) atoms. The first-order valence-corrected chi connectivity index (χ1v) is 46.8. The number of hydrogen-bond donors (Lipinski definition) is 0. The van der Waals surface area contributed by atoms with Crippen molar-refractivity contribution >= 4 is 110 Å². The van der Waals surface area contributed by atoms with E-state index in [-0.39, 0.29) is 32.8 Å². The van der Waals surface area contributed by atoms with Crippen molar-refractivity contribution in [3.8, 4) is 56.3 Å². The highest BCUT2D eigenvalue weighted by molar-refractivity contribution is 6.13. The molecule has 0 amide bonds. The molecule has 16 heterocycles. The Bertz CT molecular complexity index is 8820. The first kappa shape index (κ1) is 76.8. The Labute approximate surface area is 822 Å². The van der Waals surface area contributed by atoms with Crippen LogP contribution in [-0.2, 0) is 66.8 Å². The summed E-state index contributed by atoms with van der Waals surface area (Å²) in [6, 6.07) is 50.9. The Morgan fingerprint density at radius 3 is 0.941 bits per heavy atom. The molecule has 1 aliphatic heterocycles. The van der Waals surface area contributed by atoms with Gasteiger partial charge in [-0.3, -0.25) is 0 Å². The number of rotatable bonds is 10.